The molecule has 2 atom stereocenters. The molecule has 0 amide bonds. The van der Waals surface area contributed by atoms with E-state index in [1.807, 2.05) is 0 Å². The lowest BCUT2D eigenvalue weighted by molar-refractivity contribution is -0.146. The van der Waals surface area contributed by atoms with Crippen LogP contribution in [0.15, 0.2) is 0 Å². The average Bonchev–Trinajstić information content (AvgIpc) is 2.64. The highest BCUT2D eigenvalue weighted by atomic mass is 35.6. The van der Waals surface area contributed by atoms with Gasteiger partial charge in [0.15, 0.2) is 11.8 Å². The zero-order chi connectivity index (χ0) is 11.3. The van der Waals surface area contributed by atoms with Crippen LogP contribution >= 0.6 is 34.8 Å². The second-order valence-electron chi connectivity index (χ2n) is 3.64. The van der Waals surface area contributed by atoms with Gasteiger partial charge in [0.2, 0.25) is 10.0 Å². The Morgan fingerprint density at radius 3 is 2.73 bits per heavy atom. The third kappa shape index (κ3) is 1.55. The SMILES string of the molecule is O=CC12CCCN1C(C(Cl)(Cl)Cl)OC2=O. The van der Waals surface area contributed by atoms with Gasteiger partial charge in [0, 0.05) is 6.54 Å². The summed E-state index contributed by atoms with van der Waals surface area (Å²) in [4.78, 5) is 24.1. The number of rotatable bonds is 1. The van der Waals surface area contributed by atoms with E-state index < -0.39 is 21.5 Å². The fraction of sp³-hybridized carbons (Fsp3) is 0.750. The predicted molar refractivity (Wildman–Crippen MR) is 54.9 cm³/mol. The number of carbonyl (C=O) groups excluding carboxylic acids is 2. The van der Waals surface area contributed by atoms with E-state index in [4.69, 9.17) is 39.5 Å². The minimum Gasteiger partial charge on any atom is -0.440 e. The lowest BCUT2D eigenvalue weighted by Gasteiger charge is -2.28. The minimum atomic E-state index is -1.73. The summed E-state index contributed by atoms with van der Waals surface area (Å²) in [6, 6.07) is 0. The maximum atomic E-state index is 11.6. The highest BCUT2D eigenvalue weighted by molar-refractivity contribution is 6.68. The third-order valence-electron chi connectivity index (χ3n) is 2.80. The molecule has 0 aromatic heterocycles. The van der Waals surface area contributed by atoms with Gasteiger partial charge in [0.05, 0.1) is 0 Å². The summed E-state index contributed by atoms with van der Waals surface area (Å²) in [6.45, 7) is 0.517. The van der Waals surface area contributed by atoms with Crippen LogP contribution < -0.4 is 0 Å². The fourth-order valence-corrected chi connectivity index (χ4v) is 2.58. The van der Waals surface area contributed by atoms with Crippen molar-refractivity contribution in [2.45, 2.75) is 28.4 Å². The van der Waals surface area contributed by atoms with Gasteiger partial charge in [0.1, 0.15) is 0 Å². The highest BCUT2D eigenvalue weighted by Crippen LogP contribution is 2.45. The molecule has 7 heteroatoms. The van der Waals surface area contributed by atoms with Crippen molar-refractivity contribution in [3.05, 3.63) is 0 Å². The maximum Gasteiger partial charge on any atom is 0.335 e. The highest BCUT2D eigenvalue weighted by Gasteiger charge is 2.62. The fourth-order valence-electron chi connectivity index (χ4n) is 2.09. The molecule has 0 aromatic carbocycles. The molecule has 2 fully saturated rings. The van der Waals surface area contributed by atoms with Crippen LogP contribution in [-0.4, -0.2) is 39.3 Å². The molecule has 0 aliphatic carbocycles. The smallest absolute Gasteiger partial charge is 0.335 e. The van der Waals surface area contributed by atoms with Crippen molar-refractivity contribution in [2.75, 3.05) is 6.54 Å². The van der Waals surface area contributed by atoms with Gasteiger partial charge >= 0.3 is 5.97 Å². The normalized spacial score (nSPS) is 36.5. The van der Waals surface area contributed by atoms with Crippen molar-refractivity contribution in [3.8, 4) is 0 Å². The first-order valence-electron chi connectivity index (χ1n) is 4.43. The number of fused-ring (bicyclic) bond motifs is 1. The monoisotopic (exact) mass is 271 g/mol. The largest absolute Gasteiger partial charge is 0.440 e. The molecular weight excluding hydrogens is 264 g/mol. The zero-order valence-electron chi connectivity index (χ0n) is 7.58. The molecule has 0 aromatic rings. The Morgan fingerprint density at radius 1 is 1.53 bits per heavy atom. The molecule has 4 nitrogen and oxygen atoms in total. The Balaban J connectivity index is 2.36. The van der Waals surface area contributed by atoms with Gasteiger partial charge in [-0.3, -0.25) is 0 Å². The predicted octanol–water partition coefficient (Wildman–Crippen LogP) is 1.27. The minimum absolute atomic E-state index is 0.423. The number of carbonyl (C=O) groups is 2. The molecule has 2 rings (SSSR count). The topological polar surface area (TPSA) is 46.6 Å². The molecule has 0 N–H and O–H groups in total. The van der Waals surface area contributed by atoms with E-state index in [0.717, 1.165) is 0 Å². The van der Waals surface area contributed by atoms with E-state index in [0.29, 0.717) is 25.7 Å². The summed E-state index contributed by atoms with van der Waals surface area (Å²) in [7, 11) is 0. The van der Waals surface area contributed by atoms with Gasteiger partial charge in [0.25, 0.3) is 0 Å². The van der Waals surface area contributed by atoms with Gasteiger partial charge in [-0.15, -0.1) is 0 Å². The van der Waals surface area contributed by atoms with Crippen LogP contribution in [0.4, 0.5) is 0 Å². The standard InChI is InChI=1S/C8H8Cl3NO3/c9-8(10,11)5-12-3-1-2-7(12,4-13)6(14)15-5/h4-5H,1-3H2. The first-order chi connectivity index (χ1) is 6.92. The van der Waals surface area contributed by atoms with Crippen molar-refractivity contribution in [2.24, 2.45) is 0 Å². The lowest BCUT2D eigenvalue weighted by Crippen LogP contribution is -2.50. The molecule has 84 valence electrons. The van der Waals surface area contributed by atoms with Crippen LogP contribution in [0.25, 0.3) is 0 Å². The third-order valence-corrected chi connectivity index (χ3v) is 3.36. The summed E-state index contributed by atoms with van der Waals surface area (Å²) in [5, 5.41) is 0. The number of hydrogen-bond donors (Lipinski definition) is 0. The number of alkyl halides is 3. The number of esters is 1. The van der Waals surface area contributed by atoms with Crippen LogP contribution in [0, 0.1) is 0 Å². The molecule has 2 aliphatic heterocycles. The van der Waals surface area contributed by atoms with E-state index >= 15 is 0 Å². The molecule has 0 spiro atoms. The Morgan fingerprint density at radius 2 is 2.20 bits per heavy atom. The molecule has 2 heterocycles. The van der Waals surface area contributed by atoms with Crippen LogP contribution in [0.2, 0.25) is 0 Å². The molecule has 0 radical (unpaired) electrons. The van der Waals surface area contributed by atoms with E-state index in [1.54, 1.807) is 0 Å². The molecular formula is C8H8Cl3NO3. The van der Waals surface area contributed by atoms with Gasteiger partial charge in [-0.2, -0.15) is 0 Å². The summed E-state index contributed by atoms with van der Waals surface area (Å²) < 4.78 is 3.22. The van der Waals surface area contributed by atoms with E-state index in [2.05, 4.69) is 0 Å². The van der Waals surface area contributed by atoms with E-state index in [9.17, 15) is 9.59 Å². The Hall–Kier alpha value is -0.0300. The van der Waals surface area contributed by atoms with E-state index in [-0.39, 0.29) is 0 Å². The maximum absolute atomic E-state index is 11.6. The van der Waals surface area contributed by atoms with Crippen molar-refractivity contribution in [3.63, 3.8) is 0 Å². The summed E-state index contributed by atoms with van der Waals surface area (Å²) >= 11 is 17.1. The number of nitrogens with zero attached hydrogens (tertiary/aromatic N) is 1. The van der Waals surface area contributed by atoms with Gasteiger partial charge in [-0.1, -0.05) is 34.8 Å². The van der Waals surface area contributed by atoms with Crippen LogP contribution in [-0.2, 0) is 14.3 Å². The van der Waals surface area contributed by atoms with Crippen molar-refractivity contribution < 1.29 is 14.3 Å². The number of ether oxygens (including phenoxy) is 1. The molecule has 2 saturated heterocycles. The molecule has 2 aliphatic rings. The molecule has 0 bridgehead atoms. The van der Waals surface area contributed by atoms with Crippen LogP contribution in [0.5, 0.6) is 0 Å². The average molecular weight is 273 g/mol. The summed E-state index contributed by atoms with van der Waals surface area (Å²) in [6.07, 6.45) is 0.749. The first-order valence-corrected chi connectivity index (χ1v) is 5.56. The van der Waals surface area contributed by atoms with Gasteiger partial charge in [-0.05, 0) is 12.8 Å². The number of hydrogen-bond acceptors (Lipinski definition) is 4. The lowest BCUT2D eigenvalue weighted by atomic mass is 10.00. The van der Waals surface area contributed by atoms with Crippen LogP contribution in [0.3, 0.4) is 0 Å². The van der Waals surface area contributed by atoms with Crippen molar-refractivity contribution in [1.82, 2.24) is 4.90 Å². The Bertz CT molecular complexity index is 317. The molecule has 2 unspecified atom stereocenters. The van der Waals surface area contributed by atoms with Gasteiger partial charge < -0.3 is 9.53 Å². The molecule has 0 saturated carbocycles. The number of cyclic esters (lactones) is 1. The second-order valence-corrected chi connectivity index (χ2v) is 6.01. The summed E-state index contributed by atoms with van der Waals surface area (Å²) in [5.74, 6) is -0.619. The zero-order valence-corrected chi connectivity index (χ0v) is 9.85. The quantitative estimate of drug-likeness (QED) is 0.312. The Kier molecular flexibility index (Phi) is 2.66. The van der Waals surface area contributed by atoms with E-state index in [1.165, 1.54) is 4.90 Å². The van der Waals surface area contributed by atoms with Gasteiger partial charge in [-0.25, -0.2) is 9.69 Å². The van der Waals surface area contributed by atoms with Crippen LogP contribution in [0.1, 0.15) is 12.8 Å². The second kappa shape index (κ2) is 3.48. The first kappa shape index (κ1) is 11.5. The van der Waals surface area contributed by atoms with Crippen molar-refractivity contribution >= 4 is 47.1 Å². The van der Waals surface area contributed by atoms with Crippen molar-refractivity contribution in [1.29, 1.82) is 0 Å². The summed E-state index contributed by atoms with van der Waals surface area (Å²) in [5.41, 5.74) is -1.23. The Labute approximate surface area is 101 Å². The number of aldehydes is 1. The molecule has 15 heavy (non-hydrogen) atoms. The number of halogens is 3.